The number of benzene rings is 1. The SMILES string of the molecule is CN1CCN(C(=O)C(F)F)c2ccccc21. The second-order valence-electron chi connectivity index (χ2n) is 3.70. The Morgan fingerprint density at radius 3 is 2.50 bits per heavy atom. The van der Waals surface area contributed by atoms with Gasteiger partial charge in [-0.2, -0.15) is 8.78 Å². The van der Waals surface area contributed by atoms with E-state index in [2.05, 4.69) is 0 Å². The molecule has 0 saturated heterocycles. The lowest BCUT2D eigenvalue weighted by molar-refractivity contribution is -0.128. The topological polar surface area (TPSA) is 23.6 Å². The maximum absolute atomic E-state index is 12.4. The van der Waals surface area contributed by atoms with Crippen LogP contribution in [-0.4, -0.2) is 32.5 Å². The lowest BCUT2D eigenvalue weighted by Gasteiger charge is -2.35. The molecule has 3 nitrogen and oxygen atoms in total. The lowest BCUT2D eigenvalue weighted by Crippen LogP contribution is -2.45. The Bertz CT molecular complexity index is 409. The summed E-state index contributed by atoms with van der Waals surface area (Å²) in [5.41, 5.74) is 1.37. The third-order valence-electron chi connectivity index (χ3n) is 2.70. The van der Waals surface area contributed by atoms with Crippen molar-refractivity contribution in [2.45, 2.75) is 6.43 Å². The van der Waals surface area contributed by atoms with Gasteiger partial charge in [0.15, 0.2) is 0 Å². The van der Waals surface area contributed by atoms with Crippen molar-refractivity contribution >= 4 is 17.3 Å². The number of anilines is 2. The average Bonchev–Trinajstić information content (AvgIpc) is 2.29. The second kappa shape index (κ2) is 4.08. The molecule has 1 aliphatic heterocycles. The molecular formula is C11H12F2N2O. The van der Waals surface area contributed by atoms with Crippen LogP contribution in [0, 0.1) is 0 Å². The van der Waals surface area contributed by atoms with Crippen LogP contribution in [0.3, 0.4) is 0 Å². The van der Waals surface area contributed by atoms with Gasteiger partial charge in [-0.15, -0.1) is 0 Å². The summed E-state index contributed by atoms with van der Waals surface area (Å²) in [7, 11) is 1.88. The van der Waals surface area contributed by atoms with Crippen LogP contribution in [0.2, 0.25) is 0 Å². The van der Waals surface area contributed by atoms with Crippen LogP contribution >= 0.6 is 0 Å². The van der Waals surface area contributed by atoms with Gasteiger partial charge in [-0.1, -0.05) is 12.1 Å². The Balaban J connectivity index is 2.38. The molecule has 5 heteroatoms. The fourth-order valence-corrected chi connectivity index (χ4v) is 1.85. The molecule has 1 amide bonds. The number of halogens is 2. The molecule has 0 atom stereocenters. The number of amides is 1. The van der Waals surface area contributed by atoms with E-state index >= 15 is 0 Å². The molecule has 1 aliphatic rings. The Morgan fingerprint density at radius 2 is 1.88 bits per heavy atom. The number of rotatable bonds is 1. The normalized spacial score (nSPS) is 15.2. The molecule has 1 aromatic rings. The van der Waals surface area contributed by atoms with E-state index in [0.717, 1.165) is 10.6 Å². The van der Waals surface area contributed by atoms with Gasteiger partial charge in [0.25, 0.3) is 5.91 Å². The van der Waals surface area contributed by atoms with Crippen LogP contribution in [0.1, 0.15) is 0 Å². The van der Waals surface area contributed by atoms with Gasteiger partial charge in [0.2, 0.25) is 0 Å². The summed E-state index contributed by atoms with van der Waals surface area (Å²) in [4.78, 5) is 14.4. The van der Waals surface area contributed by atoms with Crippen LogP contribution in [0.15, 0.2) is 24.3 Å². The third kappa shape index (κ3) is 1.73. The molecule has 0 bridgehead atoms. The quantitative estimate of drug-likeness (QED) is 0.728. The van der Waals surface area contributed by atoms with E-state index < -0.39 is 12.3 Å². The summed E-state index contributed by atoms with van der Waals surface area (Å²) < 4.78 is 24.8. The van der Waals surface area contributed by atoms with Crippen molar-refractivity contribution < 1.29 is 13.6 Å². The summed E-state index contributed by atoms with van der Waals surface area (Å²) >= 11 is 0. The number of carbonyl (C=O) groups is 1. The molecule has 0 fully saturated rings. The number of likely N-dealkylation sites (N-methyl/N-ethyl adjacent to an activating group) is 1. The largest absolute Gasteiger partial charge is 0.371 e. The first-order chi connectivity index (χ1) is 7.61. The van der Waals surface area contributed by atoms with Crippen LogP contribution < -0.4 is 9.80 Å². The van der Waals surface area contributed by atoms with Gasteiger partial charge in [0.1, 0.15) is 0 Å². The van der Waals surface area contributed by atoms with E-state index in [9.17, 15) is 13.6 Å². The van der Waals surface area contributed by atoms with Gasteiger partial charge in [0.05, 0.1) is 11.4 Å². The number of nitrogens with zero attached hydrogens (tertiary/aromatic N) is 2. The molecule has 16 heavy (non-hydrogen) atoms. The van der Waals surface area contributed by atoms with Gasteiger partial charge in [-0.25, -0.2) is 0 Å². The Labute approximate surface area is 92.3 Å². The third-order valence-corrected chi connectivity index (χ3v) is 2.70. The van der Waals surface area contributed by atoms with Crippen molar-refractivity contribution in [2.75, 3.05) is 29.9 Å². The molecule has 0 N–H and O–H groups in total. The summed E-state index contributed by atoms with van der Waals surface area (Å²) in [6.45, 7) is 0.867. The number of carbonyl (C=O) groups excluding carboxylic acids is 1. The van der Waals surface area contributed by atoms with E-state index in [0.29, 0.717) is 18.8 Å². The van der Waals surface area contributed by atoms with Crippen LogP contribution in [0.4, 0.5) is 20.2 Å². The number of fused-ring (bicyclic) bond motifs is 1. The minimum absolute atomic E-state index is 0.302. The maximum atomic E-state index is 12.4. The predicted molar refractivity (Wildman–Crippen MR) is 58.1 cm³/mol. The van der Waals surface area contributed by atoms with Gasteiger partial charge in [-0.3, -0.25) is 4.79 Å². The summed E-state index contributed by atoms with van der Waals surface area (Å²) in [6, 6.07) is 7.07. The maximum Gasteiger partial charge on any atom is 0.316 e. The minimum Gasteiger partial charge on any atom is -0.371 e. The zero-order chi connectivity index (χ0) is 11.7. The van der Waals surface area contributed by atoms with Gasteiger partial charge in [-0.05, 0) is 12.1 Å². The minimum atomic E-state index is -2.95. The second-order valence-corrected chi connectivity index (χ2v) is 3.70. The standard InChI is InChI=1S/C11H12F2N2O/c1-14-6-7-15(11(16)10(12)13)9-5-3-2-4-8(9)14/h2-5,10H,6-7H2,1H3. The molecule has 2 rings (SSSR count). The van der Waals surface area contributed by atoms with Crippen LogP contribution in [0.25, 0.3) is 0 Å². The first-order valence-electron chi connectivity index (χ1n) is 5.01. The molecule has 1 heterocycles. The molecular weight excluding hydrogens is 214 g/mol. The molecule has 0 radical (unpaired) electrons. The van der Waals surface area contributed by atoms with Gasteiger partial charge < -0.3 is 9.80 Å². The predicted octanol–water partition coefficient (Wildman–Crippen LogP) is 1.73. The zero-order valence-corrected chi connectivity index (χ0v) is 8.86. The molecule has 0 aliphatic carbocycles. The first kappa shape index (κ1) is 10.9. The van der Waals surface area contributed by atoms with Crippen molar-refractivity contribution in [3.8, 4) is 0 Å². The molecule has 0 aromatic heterocycles. The van der Waals surface area contributed by atoms with Crippen molar-refractivity contribution in [3.63, 3.8) is 0 Å². The highest BCUT2D eigenvalue weighted by atomic mass is 19.3. The van der Waals surface area contributed by atoms with Crippen molar-refractivity contribution in [2.24, 2.45) is 0 Å². The molecule has 0 spiro atoms. The highest BCUT2D eigenvalue weighted by Crippen LogP contribution is 2.32. The molecule has 1 aromatic carbocycles. The van der Waals surface area contributed by atoms with E-state index in [-0.39, 0.29) is 0 Å². The summed E-state index contributed by atoms with van der Waals surface area (Å²) in [5.74, 6) is -1.12. The Morgan fingerprint density at radius 1 is 1.25 bits per heavy atom. The smallest absolute Gasteiger partial charge is 0.316 e. The van der Waals surface area contributed by atoms with E-state index in [1.54, 1.807) is 12.1 Å². The number of para-hydroxylation sites is 2. The lowest BCUT2D eigenvalue weighted by atomic mass is 10.1. The highest BCUT2D eigenvalue weighted by molar-refractivity contribution is 5.99. The fourth-order valence-electron chi connectivity index (χ4n) is 1.85. The summed E-state index contributed by atoms with van der Waals surface area (Å²) in [5, 5.41) is 0. The zero-order valence-electron chi connectivity index (χ0n) is 8.86. The first-order valence-corrected chi connectivity index (χ1v) is 5.01. The van der Waals surface area contributed by atoms with E-state index in [4.69, 9.17) is 0 Å². The van der Waals surface area contributed by atoms with Crippen molar-refractivity contribution in [1.82, 2.24) is 0 Å². The number of hydrogen-bond donors (Lipinski definition) is 0. The van der Waals surface area contributed by atoms with Crippen LogP contribution in [-0.2, 0) is 4.79 Å². The number of hydrogen-bond acceptors (Lipinski definition) is 2. The molecule has 86 valence electrons. The molecule has 0 saturated carbocycles. The van der Waals surface area contributed by atoms with Crippen molar-refractivity contribution in [3.05, 3.63) is 24.3 Å². The fraction of sp³-hybridized carbons (Fsp3) is 0.364. The molecule has 0 unspecified atom stereocenters. The highest BCUT2D eigenvalue weighted by Gasteiger charge is 2.29. The Kier molecular flexibility index (Phi) is 2.77. The van der Waals surface area contributed by atoms with Gasteiger partial charge in [0, 0.05) is 20.1 Å². The number of alkyl halides is 2. The Hall–Kier alpha value is -1.65. The van der Waals surface area contributed by atoms with Crippen LogP contribution in [0.5, 0.6) is 0 Å². The average molecular weight is 226 g/mol. The van der Waals surface area contributed by atoms with Crippen molar-refractivity contribution in [1.29, 1.82) is 0 Å². The van der Waals surface area contributed by atoms with E-state index in [1.165, 1.54) is 0 Å². The van der Waals surface area contributed by atoms with E-state index in [1.807, 2.05) is 24.1 Å². The monoisotopic (exact) mass is 226 g/mol. The van der Waals surface area contributed by atoms with Gasteiger partial charge >= 0.3 is 6.43 Å². The summed E-state index contributed by atoms with van der Waals surface area (Å²) in [6.07, 6.45) is -2.95.